The zero-order chi connectivity index (χ0) is 20.5. The third-order valence-corrected chi connectivity index (χ3v) is 4.84. The Balaban J connectivity index is 1.48. The molecule has 9 nitrogen and oxygen atoms in total. The van der Waals surface area contributed by atoms with Gasteiger partial charge in [-0.2, -0.15) is 0 Å². The first-order chi connectivity index (χ1) is 14.1. The van der Waals surface area contributed by atoms with Crippen molar-refractivity contribution in [1.82, 2.24) is 20.4 Å². The van der Waals surface area contributed by atoms with E-state index in [1.165, 1.54) is 0 Å². The summed E-state index contributed by atoms with van der Waals surface area (Å²) in [4.78, 5) is 20.2. The summed E-state index contributed by atoms with van der Waals surface area (Å²) in [5, 5.41) is 6.65. The van der Waals surface area contributed by atoms with Crippen LogP contribution >= 0.6 is 0 Å². The van der Waals surface area contributed by atoms with Crippen molar-refractivity contribution in [3.05, 3.63) is 23.8 Å². The fraction of sp³-hybridized carbons (Fsp3) is 0.600. The predicted molar refractivity (Wildman–Crippen MR) is 111 cm³/mol. The Morgan fingerprint density at radius 1 is 1.14 bits per heavy atom. The number of nitrogens with one attached hydrogen (secondary N) is 2. The molecule has 2 aliphatic rings. The molecule has 0 atom stereocenters. The number of rotatable bonds is 8. The van der Waals surface area contributed by atoms with Gasteiger partial charge < -0.3 is 29.7 Å². The normalized spacial score (nSPS) is 16.6. The third-order valence-electron chi connectivity index (χ3n) is 4.84. The zero-order valence-electron chi connectivity index (χ0n) is 17.3. The van der Waals surface area contributed by atoms with Crippen LogP contribution in [0.15, 0.2) is 23.2 Å². The van der Waals surface area contributed by atoms with Crippen molar-refractivity contribution in [3.8, 4) is 11.5 Å². The van der Waals surface area contributed by atoms with Gasteiger partial charge in [0.2, 0.25) is 12.7 Å². The van der Waals surface area contributed by atoms with Gasteiger partial charge in [-0.15, -0.1) is 0 Å². The largest absolute Gasteiger partial charge is 0.454 e. The summed E-state index contributed by atoms with van der Waals surface area (Å²) in [6.45, 7) is 6.22. The van der Waals surface area contributed by atoms with Crippen molar-refractivity contribution < 1.29 is 19.0 Å². The highest BCUT2D eigenvalue weighted by molar-refractivity contribution is 5.84. The molecule has 29 heavy (non-hydrogen) atoms. The summed E-state index contributed by atoms with van der Waals surface area (Å²) in [5.41, 5.74) is 1.15. The molecular weight excluding hydrogens is 374 g/mol. The van der Waals surface area contributed by atoms with Crippen LogP contribution in [-0.4, -0.2) is 95.0 Å². The second-order valence-corrected chi connectivity index (χ2v) is 7.20. The highest BCUT2D eigenvalue weighted by Gasteiger charge is 2.13. The van der Waals surface area contributed by atoms with Crippen LogP contribution in [0.1, 0.15) is 5.56 Å². The number of morpholine rings is 1. The van der Waals surface area contributed by atoms with Crippen LogP contribution in [0.5, 0.6) is 11.5 Å². The maximum absolute atomic E-state index is 11.9. The van der Waals surface area contributed by atoms with Gasteiger partial charge in [0.1, 0.15) is 6.54 Å². The molecule has 2 aliphatic heterocycles. The monoisotopic (exact) mass is 405 g/mol. The number of benzene rings is 1. The number of hydrogen-bond acceptors (Lipinski definition) is 6. The molecule has 0 saturated carbocycles. The number of guanidine groups is 1. The average molecular weight is 405 g/mol. The lowest BCUT2D eigenvalue weighted by Gasteiger charge is -2.26. The van der Waals surface area contributed by atoms with Crippen LogP contribution in [0, 0.1) is 0 Å². The molecule has 0 radical (unpaired) electrons. The minimum atomic E-state index is -0.0324. The number of aliphatic imine (C=N–C) groups is 1. The molecule has 0 spiro atoms. The Kier molecular flexibility index (Phi) is 7.94. The van der Waals surface area contributed by atoms with E-state index < -0.39 is 0 Å². The highest BCUT2D eigenvalue weighted by Crippen LogP contribution is 2.32. The van der Waals surface area contributed by atoms with Crippen molar-refractivity contribution >= 4 is 11.9 Å². The van der Waals surface area contributed by atoms with Crippen molar-refractivity contribution in [3.63, 3.8) is 0 Å². The SMILES string of the molecule is CN(C)C(=O)CN=C(NCCc1ccc2c(c1)OCO2)NCCN1CCOCC1. The number of carbonyl (C=O) groups is 1. The van der Waals surface area contributed by atoms with Gasteiger partial charge in [0, 0.05) is 46.8 Å². The predicted octanol–water partition coefficient (Wildman–Crippen LogP) is -0.0866. The van der Waals surface area contributed by atoms with E-state index in [9.17, 15) is 4.79 Å². The summed E-state index contributed by atoms with van der Waals surface area (Å²) >= 11 is 0. The van der Waals surface area contributed by atoms with Crippen molar-refractivity contribution in [2.24, 2.45) is 4.99 Å². The minimum absolute atomic E-state index is 0.0324. The number of hydrogen-bond donors (Lipinski definition) is 2. The van der Waals surface area contributed by atoms with Gasteiger partial charge >= 0.3 is 0 Å². The number of likely N-dealkylation sites (N-methyl/N-ethyl adjacent to an activating group) is 1. The number of nitrogens with zero attached hydrogens (tertiary/aromatic N) is 3. The van der Waals surface area contributed by atoms with Gasteiger partial charge in [-0.1, -0.05) is 6.07 Å². The van der Waals surface area contributed by atoms with Gasteiger partial charge in [0.25, 0.3) is 0 Å². The number of amides is 1. The summed E-state index contributed by atoms with van der Waals surface area (Å²) in [6, 6.07) is 5.97. The average Bonchev–Trinajstić information content (AvgIpc) is 3.20. The van der Waals surface area contributed by atoms with Gasteiger partial charge in [0.05, 0.1) is 13.2 Å². The van der Waals surface area contributed by atoms with Gasteiger partial charge in [0.15, 0.2) is 17.5 Å². The van der Waals surface area contributed by atoms with Crippen LogP contribution in [0.2, 0.25) is 0 Å². The number of fused-ring (bicyclic) bond motifs is 1. The van der Waals surface area contributed by atoms with Crippen LogP contribution in [0.4, 0.5) is 0 Å². The molecule has 1 aromatic carbocycles. The lowest BCUT2D eigenvalue weighted by molar-refractivity contribution is -0.127. The first kappa shape index (κ1) is 21.2. The van der Waals surface area contributed by atoms with Crippen LogP contribution in [0.25, 0.3) is 0 Å². The molecule has 1 amide bonds. The molecule has 3 rings (SSSR count). The van der Waals surface area contributed by atoms with E-state index >= 15 is 0 Å². The van der Waals surface area contributed by atoms with E-state index in [0.29, 0.717) is 12.5 Å². The Labute approximate surface area is 172 Å². The van der Waals surface area contributed by atoms with E-state index in [1.54, 1.807) is 19.0 Å². The van der Waals surface area contributed by atoms with E-state index in [-0.39, 0.29) is 19.2 Å². The smallest absolute Gasteiger partial charge is 0.243 e. The molecule has 0 bridgehead atoms. The fourth-order valence-electron chi connectivity index (χ4n) is 3.04. The van der Waals surface area contributed by atoms with Crippen LogP contribution in [-0.2, 0) is 16.0 Å². The van der Waals surface area contributed by atoms with E-state index in [4.69, 9.17) is 14.2 Å². The maximum Gasteiger partial charge on any atom is 0.243 e. The molecule has 1 fully saturated rings. The third kappa shape index (κ3) is 6.79. The molecule has 2 heterocycles. The van der Waals surface area contributed by atoms with E-state index in [1.807, 2.05) is 18.2 Å². The second-order valence-electron chi connectivity index (χ2n) is 7.20. The first-order valence-corrected chi connectivity index (χ1v) is 10.0. The van der Waals surface area contributed by atoms with Crippen molar-refractivity contribution in [2.75, 3.05) is 73.4 Å². The summed E-state index contributed by atoms with van der Waals surface area (Å²) < 4.78 is 16.2. The molecule has 0 aromatic heterocycles. The zero-order valence-corrected chi connectivity index (χ0v) is 17.3. The van der Waals surface area contributed by atoms with Gasteiger partial charge in [-0.3, -0.25) is 9.69 Å². The minimum Gasteiger partial charge on any atom is -0.454 e. The molecule has 160 valence electrons. The topological polar surface area (TPSA) is 87.7 Å². The quantitative estimate of drug-likeness (QED) is 0.462. The Morgan fingerprint density at radius 3 is 2.69 bits per heavy atom. The van der Waals surface area contributed by atoms with Gasteiger partial charge in [-0.05, 0) is 24.1 Å². The lowest BCUT2D eigenvalue weighted by atomic mass is 10.1. The number of ether oxygens (including phenoxy) is 3. The van der Waals surface area contributed by atoms with Crippen molar-refractivity contribution in [1.29, 1.82) is 0 Å². The van der Waals surface area contributed by atoms with E-state index in [0.717, 1.165) is 62.9 Å². The Hall–Kier alpha value is -2.52. The number of carbonyl (C=O) groups excluding carboxylic acids is 1. The molecule has 0 aliphatic carbocycles. The standard InChI is InChI=1S/C20H31N5O4/c1-24(2)19(26)14-23-20(22-7-8-25-9-11-27-12-10-25)21-6-5-16-3-4-17-18(13-16)29-15-28-17/h3-4,13H,5-12,14-15H2,1-2H3,(H2,21,22,23). The summed E-state index contributed by atoms with van der Waals surface area (Å²) in [6.07, 6.45) is 0.808. The fourth-order valence-corrected chi connectivity index (χ4v) is 3.04. The summed E-state index contributed by atoms with van der Waals surface area (Å²) in [7, 11) is 3.47. The first-order valence-electron chi connectivity index (χ1n) is 10.0. The van der Waals surface area contributed by atoms with E-state index in [2.05, 4.69) is 20.5 Å². The maximum atomic E-state index is 11.9. The molecule has 1 aromatic rings. The molecule has 9 heteroatoms. The Bertz CT molecular complexity index is 704. The van der Waals surface area contributed by atoms with Gasteiger partial charge in [-0.25, -0.2) is 4.99 Å². The highest BCUT2D eigenvalue weighted by atomic mass is 16.7. The summed E-state index contributed by atoms with van der Waals surface area (Å²) in [5.74, 6) is 2.19. The molecule has 1 saturated heterocycles. The molecule has 0 unspecified atom stereocenters. The van der Waals surface area contributed by atoms with Crippen molar-refractivity contribution in [2.45, 2.75) is 6.42 Å². The Morgan fingerprint density at radius 2 is 1.90 bits per heavy atom. The van der Waals surface area contributed by atoms with Crippen LogP contribution in [0.3, 0.4) is 0 Å². The van der Waals surface area contributed by atoms with Crippen LogP contribution < -0.4 is 20.1 Å². The molecule has 2 N–H and O–H groups in total. The lowest BCUT2D eigenvalue weighted by Crippen LogP contribution is -2.45. The molecular formula is C20H31N5O4. The second kappa shape index (κ2) is 10.9.